The number of fused-ring (bicyclic) bond motifs is 1. The maximum Gasteiger partial charge on any atom is 0.162 e. The molecule has 1 aliphatic heterocycles. The van der Waals surface area contributed by atoms with Crippen molar-refractivity contribution in [3.05, 3.63) is 36.9 Å². The summed E-state index contributed by atoms with van der Waals surface area (Å²) in [4.78, 5) is 0. The first-order chi connectivity index (χ1) is 10.4. The topological polar surface area (TPSA) is 46.2 Å². The highest BCUT2D eigenvalue weighted by Crippen LogP contribution is 2.27. The van der Waals surface area contributed by atoms with Crippen molar-refractivity contribution < 1.29 is 23.7 Å². The maximum atomic E-state index is 5.87. The lowest BCUT2D eigenvalue weighted by molar-refractivity contribution is 0.00127. The van der Waals surface area contributed by atoms with E-state index in [0.717, 1.165) is 0 Å². The minimum atomic E-state index is -0.226. The summed E-state index contributed by atoms with van der Waals surface area (Å²) in [6.07, 6.45) is 1.50. The van der Waals surface area contributed by atoms with Crippen LogP contribution in [0.5, 0.6) is 11.5 Å². The van der Waals surface area contributed by atoms with Crippen molar-refractivity contribution in [2.24, 2.45) is 0 Å². The predicted molar refractivity (Wildman–Crippen MR) is 79.0 cm³/mol. The van der Waals surface area contributed by atoms with Crippen LogP contribution in [0, 0.1) is 0 Å². The zero-order valence-electron chi connectivity index (χ0n) is 12.2. The standard InChI is InChI=1S/C16H22O5/c1-2-14-13-19-10-9-17-7-8-18-11-12-20-15-5-3-4-6-16(15)21-14/h2-6,14H,1,7-13H2. The summed E-state index contributed by atoms with van der Waals surface area (Å²) in [5.74, 6) is 1.37. The Morgan fingerprint density at radius 3 is 2.19 bits per heavy atom. The normalized spacial score (nSPS) is 21.8. The van der Waals surface area contributed by atoms with Gasteiger partial charge in [0.15, 0.2) is 11.5 Å². The number of benzene rings is 1. The first kappa shape index (κ1) is 15.8. The number of para-hydroxylation sites is 2. The van der Waals surface area contributed by atoms with Crippen molar-refractivity contribution in [1.82, 2.24) is 0 Å². The molecule has 1 unspecified atom stereocenters. The van der Waals surface area contributed by atoms with Crippen LogP contribution in [-0.4, -0.2) is 52.4 Å². The van der Waals surface area contributed by atoms with E-state index in [1.165, 1.54) is 0 Å². The van der Waals surface area contributed by atoms with Gasteiger partial charge in [0.1, 0.15) is 12.7 Å². The van der Waals surface area contributed by atoms with E-state index in [-0.39, 0.29) is 6.10 Å². The molecule has 1 aromatic rings. The van der Waals surface area contributed by atoms with Gasteiger partial charge in [0.25, 0.3) is 0 Å². The maximum absolute atomic E-state index is 5.87. The molecule has 0 radical (unpaired) electrons. The molecule has 0 aliphatic carbocycles. The summed E-state index contributed by atoms with van der Waals surface area (Å²) in [6.45, 7) is 7.36. The molecule has 1 aromatic carbocycles. The van der Waals surface area contributed by atoms with Gasteiger partial charge in [-0.05, 0) is 18.2 Å². The Hall–Kier alpha value is -1.56. The number of rotatable bonds is 1. The molecule has 1 heterocycles. The highest BCUT2D eigenvalue weighted by atomic mass is 16.6. The Morgan fingerprint density at radius 1 is 0.857 bits per heavy atom. The number of ether oxygens (including phenoxy) is 5. The number of hydrogen-bond acceptors (Lipinski definition) is 5. The van der Waals surface area contributed by atoms with Crippen molar-refractivity contribution in [2.45, 2.75) is 6.10 Å². The zero-order valence-corrected chi connectivity index (χ0v) is 12.2. The molecule has 0 fully saturated rings. The highest BCUT2D eigenvalue weighted by molar-refractivity contribution is 5.39. The molecule has 2 rings (SSSR count). The molecule has 0 N–H and O–H groups in total. The van der Waals surface area contributed by atoms with Crippen LogP contribution in [0.1, 0.15) is 0 Å². The van der Waals surface area contributed by atoms with E-state index in [1.54, 1.807) is 6.08 Å². The van der Waals surface area contributed by atoms with Gasteiger partial charge in [-0.25, -0.2) is 0 Å². The second-order valence-electron chi connectivity index (χ2n) is 4.49. The van der Waals surface area contributed by atoms with Gasteiger partial charge in [-0.3, -0.25) is 0 Å². The molecule has 0 aromatic heterocycles. The van der Waals surface area contributed by atoms with Gasteiger partial charge in [-0.2, -0.15) is 0 Å². The van der Waals surface area contributed by atoms with E-state index in [1.807, 2.05) is 24.3 Å². The van der Waals surface area contributed by atoms with Crippen LogP contribution < -0.4 is 9.47 Å². The summed E-state index contributed by atoms with van der Waals surface area (Å²) in [6, 6.07) is 7.55. The quantitative estimate of drug-likeness (QED) is 0.742. The van der Waals surface area contributed by atoms with Crippen LogP contribution in [0.2, 0.25) is 0 Å². The van der Waals surface area contributed by atoms with Crippen LogP contribution in [0.3, 0.4) is 0 Å². The van der Waals surface area contributed by atoms with Gasteiger partial charge >= 0.3 is 0 Å². The number of hydrogen-bond donors (Lipinski definition) is 0. The van der Waals surface area contributed by atoms with E-state index in [9.17, 15) is 0 Å². The highest BCUT2D eigenvalue weighted by Gasteiger charge is 2.11. The molecule has 0 saturated heterocycles. The fourth-order valence-corrected chi connectivity index (χ4v) is 1.83. The summed E-state index contributed by atoms with van der Waals surface area (Å²) in [7, 11) is 0. The van der Waals surface area contributed by atoms with E-state index < -0.39 is 0 Å². The summed E-state index contributed by atoms with van der Waals surface area (Å²) in [5, 5.41) is 0. The SMILES string of the molecule is C=CC1COCCOCCOCCOc2ccccc2O1. The van der Waals surface area contributed by atoms with Gasteiger partial charge in [0.05, 0.1) is 39.6 Å². The second kappa shape index (κ2) is 9.39. The minimum absolute atomic E-state index is 0.226. The van der Waals surface area contributed by atoms with Crippen LogP contribution in [0.4, 0.5) is 0 Å². The van der Waals surface area contributed by atoms with Gasteiger partial charge < -0.3 is 23.7 Å². The van der Waals surface area contributed by atoms with Gasteiger partial charge in [0.2, 0.25) is 0 Å². The van der Waals surface area contributed by atoms with E-state index >= 15 is 0 Å². The third-order valence-corrected chi connectivity index (χ3v) is 2.90. The Morgan fingerprint density at radius 2 is 1.48 bits per heavy atom. The third-order valence-electron chi connectivity index (χ3n) is 2.90. The Balaban J connectivity index is 2.00. The van der Waals surface area contributed by atoms with Crippen molar-refractivity contribution in [3.63, 3.8) is 0 Å². The van der Waals surface area contributed by atoms with Crippen molar-refractivity contribution >= 4 is 0 Å². The lowest BCUT2D eigenvalue weighted by Gasteiger charge is -2.18. The molecular weight excluding hydrogens is 272 g/mol. The molecule has 0 bridgehead atoms. The second-order valence-corrected chi connectivity index (χ2v) is 4.49. The molecular formula is C16H22O5. The first-order valence-electron chi connectivity index (χ1n) is 7.14. The Labute approximate surface area is 125 Å². The fourth-order valence-electron chi connectivity index (χ4n) is 1.83. The van der Waals surface area contributed by atoms with E-state index in [4.69, 9.17) is 23.7 Å². The van der Waals surface area contributed by atoms with Crippen molar-refractivity contribution in [3.8, 4) is 11.5 Å². The van der Waals surface area contributed by atoms with E-state index in [2.05, 4.69) is 6.58 Å². The van der Waals surface area contributed by atoms with Crippen LogP contribution in [0.15, 0.2) is 36.9 Å². The van der Waals surface area contributed by atoms with Gasteiger partial charge in [0, 0.05) is 0 Å². The molecule has 116 valence electrons. The molecule has 21 heavy (non-hydrogen) atoms. The lowest BCUT2D eigenvalue weighted by Crippen LogP contribution is -2.22. The smallest absolute Gasteiger partial charge is 0.162 e. The average Bonchev–Trinajstić information content (AvgIpc) is 2.52. The molecule has 0 spiro atoms. The first-order valence-corrected chi connectivity index (χ1v) is 7.14. The fraction of sp³-hybridized carbons (Fsp3) is 0.500. The summed E-state index contributed by atoms with van der Waals surface area (Å²) < 4.78 is 27.9. The predicted octanol–water partition coefficient (Wildman–Crippen LogP) is 2.06. The zero-order chi connectivity index (χ0) is 14.8. The Kier molecular flexibility index (Phi) is 7.07. The van der Waals surface area contributed by atoms with Gasteiger partial charge in [-0.1, -0.05) is 18.7 Å². The summed E-state index contributed by atoms with van der Waals surface area (Å²) >= 11 is 0. The molecule has 5 nitrogen and oxygen atoms in total. The molecule has 1 aliphatic rings. The Bertz CT molecular complexity index is 421. The summed E-state index contributed by atoms with van der Waals surface area (Å²) in [5.41, 5.74) is 0. The molecule has 0 amide bonds. The van der Waals surface area contributed by atoms with Crippen LogP contribution in [-0.2, 0) is 14.2 Å². The van der Waals surface area contributed by atoms with Crippen LogP contribution >= 0.6 is 0 Å². The van der Waals surface area contributed by atoms with Crippen molar-refractivity contribution in [2.75, 3.05) is 46.2 Å². The molecule has 5 heteroatoms. The average molecular weight is 294 g/mol. The minimum Gasteiger partial charge on any atom is -0.487 e. The lowest BCUT2D eigenvalue weighted by atomic mass is 10.3. The van der Waals surface area contributed by atoms with Gasteiger partial charge in [-0.15, -0.1) is 0 Å². The van der Waals surface area contributed by atoms with E-state index in [0.29, 0.717) is 57.7 Å². The molecule has 1 atom stereocenters. The third kappa shape index (κ3) is 5.75. The monoisotopic (exact) mass is 294 g/mol. The van der Waals surface area contributed by atoms with Crippen molar-refractivity contribution in [1.29, 1.82) is 0 Å². The van der Waals surface area contributed by atoms with Crippen LogP contribution in [0.25, 0.3) is 0 Å². The molecule has 0 saturated carbocycles. The largest absolute Gasteiger partial charge is 0.487 e.